The molecule has 0 fully saturated rings. The van der Waals surface area contributed by atoms with Gasteiger partial charge in [0, 0.05) is 5.56 Å². The summed E-state index contributed by atoms with van der Waals surface area (Å²) in [7, 11) is 1.39. The molecule has 2 aromatic carbocycles. The Morgan fingerprint density at radius 2 is 1.87 bits per heavy atom. The van der Waals surface area contributed by atoms with Gasteiger partial charge in [-0.2, -0.15) is 5.10 Å². The van der Waals surface area contributed by atoms with Crippen LogP contribution in [0, 0.1) is 0 Å². The molecule has 8 heteroatoms. The van der Waals surface area contributed by atoms with E-state index in [0.717, 1.165) is 0 Å². The summed E-state index contributed by atoms with van der Waals surface area (Å²) in [6, 6.07) is 10.5. The maximum absolute atomic E-state index is 11.8. The molecule has 23 heavy (non-hydrogen) atoms. The summed E-state index contributed by atoms with van der Waals surface area (Å²) in [5.74, 6) is -1.17. The van der Waals surface area contributed by atoms with Crippen LogP contribution in [0.2, 0.25) is 0 Å². The van der Waals surface area contributed by atoms with E-state index in [1.807, 2.05) is 0 Å². The largest absolute Gasteiger partial charge is 2.00 e. The maximum Gasteiger partial charge on any atom is 2.00 e. The van der Waals surface area contributed by atoms with E-state index >= 15 is 0 Å². The molecular formula is C15H15CuN2O5+. The zero-order valence-electron chi connectivity index (χ0n) is 12.1. The third-order valence-electron chi connectivity index (χ3n) is 2.73. The van der Waals surface area contributed by atoms with Crippen LogP contribution in [0.1, 0.15) is 15.9 Å². The predicted molar refractivity (Wildman–Crippen MR) is 78.3 cm³/mol. The van der Waals surface area contributed by atoms with Gasteiger partial charge in [-0.05, 0) is 11.6 Å². The normalized spacial score (nSPS) is 9.61. The van der Waals surface area contributed by atoms with Crippen molar-refractivity contribution in [2.24, 2.45) is 5.10 Å². The molecule has 0 spiro atoms. The number of hydrogen-bond acceptors (Lipinski definition) is 5. The first-order valence-electron chi connectivity index (χ1n) is 6.07. The number of rotatable bonds is 4. The topological polar surface area (TPSA) is 130 Å². The first-order valence-corrected chi connectivity index (χ1v) is 6.07. The van der Waals surface area contributed by atoms with Crippen molar-refractivity contribution in [3.8, 4) is 17.2 Å². The van der Waals surface area contributed by atoms with Crippen LogP contribution in [0.15, 0.2) is 47.6 Å². The van der Waals surface area contributed by atoms with E-state index in [2.05, 4.69) is 10.5 Å². The van der Waals surface area contributed by atoms with Crippen LogP contribution in [-0.4, -0.2) is 19.2 Å². The average Bonchev–Trinajstić information content (AvgIpc) is 2.49. The first-order chi connectivity index (χ1) is 10.1. The summed E-state index contributed by atoms with van der Waals surface area (Å²) in [5.41, 5.74) is 2.46. The summed E-state index contributed by atoms with van der Waals surface area (Å²) in [5, 5.41) is 26.9. The Labute approximate surface area is 143 Å². The predicted octanol–water partition coefficient (Wildman–Crippen LogP) is -0.318. The Balaban J connectivity index is 0.00000242. The van der Waals surface area contributed by atoms with E-state index in [1.165, 1.54) is 31.5 Å². The van der Waals surface area contributed by atoms with Gasteiger partial charge in [-0.25, -0.2) is 5.43 Å². The second-order valence-electron chi connectivity index (χ2n) is 4.07. The molecule has 2 aromatic rings. The molecule has 0 aliphatic rings. The van der Waals surface area contributed by atoms with Gasteiger partial charge in [0.05, 0.1) is 13.3 Å². The molecule has 0 bridgehead atoms. The third-order valence-corrected chi connectivity index (χ3v) is 2.73. The molecule has 0 heterocycles. The standard InChI is InChI=1S/C15H14N2O4.Cu.H2O/c1-21-13-8-4-5-10(14(13)19)9-16-17-15(20)11-6-2-3-7-12(11)18;;/h2-9,18-19H,1H3,(H,17,20);;1H2/q;+2;/p-1/b16-9+;;. The van der Waals surface area contributed by atoms with Crippen LogP contribution in [0.4, 0.5) is 0 Å². The summed E-state index contributed by atoms with van der Waals surface area (Å²) in [4.78, 5) is 11.7. The van der Waals surface area contributed by atoms with Crippen molar-refractivity contribution in [2.45, 2.75) is 0 Å². The van der Waals surface area contributed by atoms with Crippen LogP contribution in [0.5, 0.6) is 17.2 Å². The minimum Gasteiger partial charge on any atom is -0.872 e. The number of carbonyl (C=O) groups excluding carboxylic acids is 1. The summed E-state index contributed by atoms with van der Waals surface area (Å²) in [6.07, 6.45) is 1.20. The van der Waals surface area contributed by atoms with E-state index < -0.39 is 11.7 Å². The van der Waals surface area contributed by atoms with E-state index in [9.17, 15) is 15.0 Å². The molecule has 0 aliphatic carbocycles. The number of nitrogens with zero attached hydrogens (tertiary/aromatic N) is 1. The number of hydrazone groups is 1. The van der Waals surface area contributed by atoms with Gasteiger partial charge in [0.15, 0.2) is 0 Å². The molecular weight excluding hydrogens is 352 g/mol. The zero-order chi connectivity index (χ0) is 15.2. The number of ether oxygens (including phenoxy) is 1. The Bertz CT molecular complexity index is 691. The van der Waals surface area contributed by atoms with Crippen molar-refractivity contribution in [2.75, 3.05) is 7.11 Å². The first kappa shape index (κ1) is 20.5. The van der Waals surface area contributed by atoms with Crippen molar-refractivity contribution >= 4 is 12.1 Å². The van der Waals surface area contributed by atoms with E-state index in [1.54, 1.807) is 24.3 Å². The van der Waals surface area contributed by atoms with E-state index in [4.69, 9.17) is 4.74 Å². The fourth-order valence-corrected chi connectivity index (χ4v) is 1.67. The molecule has 0 atom stereocenters. The second kappa shape index (κ2) is 9.47. The van der Waals surface area contributed by atoms with Crippen LogP contribution >= 0.6 is 0 Å². The Morgan fingerprint density at radius 1 is 1.17 bits per heavy atom. The molecule has 4 N–H and O–H groups in total. The molecule has 0 aliphatic heterocycles. The van der Waals surface area contributed by atoms with Gasteiger partial charge in [-0.1, -0.05) is 47.9 Å². The number of hydrogen-bond donors (Lipinski definition) is 1. The number of carbonyl (C=O) groups is 1. The molecule has 0 unspecified atom stereocenters. The van der Waals surface area contributed by atoms with Crippen LogP contribution in [0.25, 0.3) is 0 Å². The summed E-state index contributed by atoms with van der Waals surface area (Å²) in [6.45, 7) is 0. The van der Waals surface area contributed by atoms with E-state index in [0.29, 0.717) is 0 Å². The van der Waals surface area contributed by atoms with Gasteiger partial charge in [0.25, 0.3) is 5.91 Å². The van der Waals surface area contributed by atoms with Gasteiger partial charge in [-0.15, -0.1) is 0 Å². The Hall–Kier alpha value is -2.54. The minimum atomic E-state index is -0.632. The zero-order valence-corrected chi connectivity index (χ0v) is 13.0. The van der Waals surface area contributed by atoms with Crippen molar-refractivity contribution in [1.82, 2.24) is 5.43 Å². The van der Waals surface area contributed by atoms with Crippen molar-refractivity contribution in [1.29, 1.82) is 0 Å². The molecule has 0 aromatic heterocycles. The van der Waals surface area contributed by atoms with Gasteiger partial charge < -0.3 is 20.4 Å². The molecule has 7 nitrogen and oxygen atoms in total. The summed E-state index contributed by atoms with van der Waals surface area (Å²) >= 11 is 0. The molecule has 125 valence electrons. The van der Waals surface area contributed by atoms with Crippen LogP contribution in [0.3, 0.4) is 0 Å². The number of benzene rings is 2. The quantitative estimate of drug-likeness (QED) is 0.344. The molecule has 1 amide bonds. The van der Waals surface area contributed by atoms with Gasteiger partial charge in [-0.3, -0.25) is 4.79 Å². The van der Waals surface area contributed by atoms with Crippen molar-refractivity contribution < 1.29 is 42.3 Å². The van der Waals surface area contributed by atoms with Gasteiger partial charge >= 0.3 is 17.1 Å². The SMILES string of the molecule is COc1cccc(/C=N/NC(=O)c2ccccc2[O-])c1[O-].[Cu+2].[OH3+]. The third kappa shape index (κ3) is 5.00. The Morgan fingerprint density at radius 3 is 2.52 bits per heavy atom. The van der Waals surface area contributed by atoms with Gasteiger partial charge in [0.1, 0.15) is 5.75 Å². The van der Waals surface area contributed by atoms with E-state index in [-0.39, 0.29) is 45.2 Å². The van der Waals surface area contributed by atoms with Crippen LogP contribution in [-0.2, 0) is 22.5 Å². The second-order valence-corrected chi connectivity index (χ2v) is 4.07. The number of amides is 1. The average molecular weight is 367 g/mol. The summed E-state index contributed by atoms with van der Waals surface area (Å²) < 4.78 is 4.90. The Kier molecular flexibility index (Phi) is 8.43. The molecule has 0 saturated carbocycles. The number of nitrogens with one attached hydrogen (secondary N) is 1. The number of para-hydroxylation sites is 2. The minimum absolute atomic E-state index is 0. The van der Waals surface area contributed by atoms with Crippen molar-refractivity contribution in [3.63, 3.8) is 0 Å². The van der Waals surface area contributed by atoms with Gasteiger partial charge in [0.2, 0.25) is 0 Å². The smallest absolute Gasteiger partial charge is 0.872 e. The fourth-order valence-electron chi connectivity index (χ4n) is 1.67. The van der Waals surface area contributed by atoms with Crippen LogP contribution < -0.4 is 20.4 Å². The fraction of sp³-hybridized carbons (Fsp3) is 0.0667. The maximum atomic E-state index is 11.8. The number of methoxy groups -OCH3 is 1. The molecule has 0 saturated heterocycles. The molecule has 1 radical (unpaired) electrons. The molecule has 2 rings (SSSR count). The van der Waals surface area contributed by atoms with Crippen molar-refractivity contribution in [3.05, 3.63) is 53.6 Å². The monoisotopic (exact) mass is 366 g/mol.